The average molecular weight is 444 g/mol. The van der Waals surface area contributed by atoms with E-state index in [0.29, 0.717) is 5.88 Å². The Kier molecular flexibility index (Phi) is 5.20. The fourth-order valence-corrected chi connectivity index (χ4v) is 3.52. The van der Waals surface area contributed by atoms with E-state index in [4.69, 9.17) is 11.6 Å². The molecule has 0 radical (unpaired) electrons. The van der Waals surface area contributed by atoms with Gasteiger partial charge in [0.05, 0.1) is 0 Å². The number of halogens is 3. The van der Waals surface area contributed by atoms with Gasteiger partial charge >= 0.3 is 0 Å². The van der Waals surface area contributed by atoms with Crippen molar-refractivity contribution in [2.75, 3.05) is 5.88 Å². The molecule has 0 aliphatic rings. The predicted octanol–water partition coefficient (Wildman–Crippen LogP) is 4.74. The van der Waals surface area contributed by atoms with Crippen LogP contribution in [-0.2, 0) is 6.42 Å². The van der Waals surface area contributed by atoms with Crippen LogP contribution in [-0.4, -0.2) is 16.1 Å². The molecule has 90 valence electrons. The highest BCUT2D eigenvalue weighted by molar-refractivity contribution is 14.1. The molecule has 1 aromatic heterocycles. The van der Waals surface area contributed by atoms with Crippen LogP contribution in [0.3, 0.4) is 0 Å². The topological polar surface area (TPSA) is 25.8 Å². The summed E-state index contributed by atoms with van der Waals surface area (Å²) in [5, 5.41) is 10.5. The van der Waals surface area contributed by atoms with Crippen molar-refractivity contribution < 1.29 is 0 Å². The molecule has 0 aliphatic carbocycles. The minimum Gasteiger partial charge on any atom is -0.143 e. The van der Waals surface area contributed by atoms with Gasteiger partial charge in [0.25, 0.3) is 0 Å². The molecular weight excluding hydrogens is 434 g/mol. The predicted molar refractivity (Wildman–Crippen MR) is 84.8 cm³/mol. The summed E-state index contributed by atoms with van der Waals surface area (Å²) in [6.45, 7) is 0. The van der Waals surface area contributed by atoms with E-state index in [1.807, 2.05) is 6.07 Å². The number of nitrogens with zero attached hydrogens (tertiary/aromatic N) is 2. The van der Waals surface area contributed by atoms with Crippen molar-refractivity contribution in [2.24, 2.45) is 0 Å². The number of rotatable bonds is 4. The Morgan fingerprint density at radius 2 is 2.18 bits per heavy atom. The van der Waals surface area contributed by atoms with Crippen molar-refractivity contribution in [3.63, 3.8) is 0 Å². The van der Waals surface area contributed by atoms with Crippen LogP contribution in [0, 0.1) is 3.57 Å². The molecule has 0 bridgehead atoms. The molecule has 0 amide bonds. The summed E-state index contributed by atoms with van der Waals surface area (Å²) in [6, 6.07) is 6.17. The molecule has 0 fully saturated rings. The molecule has 1 heterocycles. The summed E-state index contributed by atoms with van der Waals surface area (Å²) in [6.07, 6.45) is 1.86. The van der Waals surface area contributed by atoms with Gasteiger partial charge in [0.15, 0.2) is 0 Å². The maximum Gasteiger partial charge on any atom is 0.148 e. The molecule has 1 aromatic carbocycles. The maximum atomic E-state index is 5.67. The highest BCUT2D eigenvalue weighted by Gasteiger charge is 2.10. The van der Waals surface area contributed by atoms with E-state index in [0.717, 1.165) is 32.9 Å². The fourth-order valence-electron chi connectivity index (χ4n) is 1.34. The molecule has 6 heteroatoms. The van der Waals surface area contributed by atoms with Crippen molar-refractivity contribution in [2.45, 2.75) is 12.8 Å². The molecule has 2 rings (SSSR count). The first-order chi connectivity index (χ1) is 8.20. The zero-order valence-corrected chi connectivity index (χ0v) is 14.1. The Labute approximate surface area is 131 Å². The van der Waals surface area contributed by atoms with Gasteiger partial charge in [-0.2, -0.15) is 0 Å². The van der Waals surface area contributed by atoms with E-state index in [1.165, 1.54) is 3.57 Å². The summed E-state index contributed by atoms with van der Waals surface area (Å²) >= 11 is 13.1. The number of aromatic nitrogens is 2. The maximum absolute atomic E-state index is 5.67. The van der Waals surface area contributed by atoms with Gasteiger partial charge in [0.1, 0.15) is 10.0 Å². The van der Waals surface area contributed by atoms with E-state index in [2.05, 4.69) is 60.9 Å². The van der Waals surface area contributed by atoms with E-state index < -0.39 is 0 Å². The number of alkyl halides is 1. The molecule has 2 nitrogen and oxygen atoms in total. The average Bonchev–Trinajstić information content (AvgIpc) is 2.78. The first kappa shape index (κ1) is 13.7. The second-order valence-electron chi connectivity index (χ2n) is 3.42. The standard InChI is InChI=1S/C11H9BrClIN2S/c12-7-3-4-9(14)8(6-7)11-16-15-10(17-11)2-1-5-13/h3-4,6H,1-2,5H2. The molecule has 0 spiro atoms. The minimum atomic E-state index is 0.670. The molecule has 0 N–H and O–H groups in total. The van der Waals surface area contributed by atoms with Crippen LogP contribution in [0.25, 0.3) is 10.6 Å². The minimum absolute atomic E-state index is 0.670. The summed E-state index contributed by atoms with van der Waals surface area (Å²) in [5.41, 5.74) is 1.13. The lowest BCUT2D eigenvalue weighted by molar-refractivity contribution is 0.884. The second kappa shape index (κ2) is 6.45. The second-order valence-corrected chi connectivity index (χ2v) is 6.94. The lowest BCUT2D eigenvalue weighted by Gasteiger charge is -2.00. The van der Waals surface area contributed by atoms with Crippen molar-refractivity contribution >= 4 is 61.5 Å². The highest BCUT2D eigenvalue weighted by atomic mass is 127. The van der Waals surface area contributed by atoms with E-state index in [-0.39, 0.29) is 0 Å². The smallest absolute Gasteiger partial charge is 0.143 e. The van der Waals surface area contributed by atoms with E-state index in [1.54, 1.807) is 11.3 Å². The van der Waals surface area contributed by atoms with Crippen LogP contribution in [0.4, 0.5) is 0 Å². The molecule has 2 aromatic rings. The van der Waals surface area contributed by atoms with Crippen molar-refractivity contribution in [3.05, 3.63) is 31.2 Å². The third kappa shape index (κ3) is 3.62. The monoisotopic (exact) mass is 442 g/mol. The van der Waals surface area contributed by atoms with Crippen LogP contribution in [0.1, 0.15) is 11.4 Å². The van der Waals surface area contributed by atoms with Crippen LogP contribution in [0.5, 0.6) is 0 Å². The summed E-state index contributed by atoms with van der Waals surface area (Å²) < 4.78 is 2.25. The first-order valence-electron chi connectivity index (χ1n) is 5.04. The zero-order chi connectivity index (χ0) is 12.3. The van der Waals surface area contributed by atoms with Gasteiger partial charge < -0.3 is 0 Å². The van der Waals surface area contributed by atoms with Crippen LogP contribution in [0.15, 0.2) is 22.7 Å². The number of aryl methyl sites for hydroxylation is 1. The van der Waals surface area contributed by atoms with Gasteiger partial charge in [0, 0.05) is 25.9 Å². The lowest BCUT2D eigenvalue weighted by atomic mass is 10.2. The van der Waals surface area contributed by atoms with E-state index in [9.17, 15) is 0 Å². The Hall–Kier alpha value is 0.280. The van der Waals surface area contributed by atoms with Crippen LogP contribution < -0.4 is 0 Å². The van der Waals surface area contributed by atoms with Crippen LogP contribution in [0.2, 0.25) is 0 Å². The summed E-state index contributed by atoms with van der Waals surface area (Å²) in [7, 11) is 0. The Morgan fingerprint density at radius 3 is 2.94 bits per heavy atom. The van der Waals surface area contributed by atoms with Gasteiger partial charge in [-0.1, -0.05) is 27.3 Å². The SMILES string of the molecule is ClCCCc1nnc(-c2cc(Br)ccc2I)s1. The quantitative estimate of drug-likeness (QED) is 0.504. The lowest BCUT2D eigenvalue weighted by Crippen LogP contribution is -1.84. The van der Waals surface area contributed by atoms with Gasteiger partial charge in [-0.25, -0.2) is 0 Å². The molecule has 17 heavy (non-hydrogen) atoms. The zero-order valence-electron chi connectivity index (χ0n) is 8.79. The van der Waals surface area contributed by atoms with Gasteiger partial charge in [-0.3, -0.25) is 0 Å². The van der Waals surface area contributed by atoms with E-state index >= 15 is 0 Å². The molecule has 0 atom stereocenters. The van der Waals surface area contributed by atoms with Crippen LogP contribution >= 0.6 is 61.5 Å². The largest absolute Gasteiger partial charge is 0.148 e. The summed E-state index contributed by atoms with van der Waals surface area (Å²) in [5.74, 6) is 0.670. The Bertz CT molecular complexity index is 518. The molecule has 0 aliphatic heterocycles. The third-order valence-electron chi connectivity index (χ3n) is 2.15. The van der Waals surface area contributed by atoms with Crippen molar-refractivity contribution in [3.8, 4) is 10.6 Å². The number of hydrogen-bond donors (Lipinski definition) is 0. The van der Waals surface area contributed by atoms with Crippen molar-refractivity contribution in [1.82, 2.24) is 10.2 Å². The highest BCUT2D eigenvalue weighted by Crippen LogP contribution is 2.30. The van der Waals surface area contributed by atoms with Gasteiger partial charge in [0.2, 0.25) is 0 Å². The number of benzene rings is 1. The van der Waals surface area contributed by atoms with Gasteiger partial charge in [-0.05, 0) is 47.2 Å². The number of hydrogen-bond acceptors (Lipinski definition) is 3. The third-order valence-corrected chi connectivity index (χ3v) is 4.87. The fraction of sp³-hybridized carbons (Fsp3) is 0.273. The molecular formula is C11H9BrClIN2S. The van der Waals surface area contributed by atoms with Gasteiger partial charge in [-0.15, -0.1) is 21.8 Å². The Morgan fingerprint density at radius 1 is 1.35 bits per heavy atom. The molecule has 0 saturated heterocycles. The normalized spacial score (nSPS) is 10.8. The Balaban J connectivity index is 2.27. The molecule has 0 unspecified atom stereocenters. The summed E-state index contributed by atoms with van der Waals surface area (Å²) in [4.78, 5) is 0. The van der Waals surface area contributed by atoms with Crippen molar-refractivity contribution in [1.29, 1.82) is 0 Å². The first-order valence-corrected chi connectivity index (χ1v) is 8.27. The molecule has 0 saturated carbocycles.